The lowest BCUT2D eigenvalue weighted by atomic mass is 10.2. The molecule has 0 saturated carbocycles. The number of hydrogen-bond donors (Lipinski definition) is 0. The lowest BCUT2D eigenvalue weighted by Crippen LogP contribution is -2.07. The molecule has 4 nitrogen and oxygen atoms in total. The summed E-state index contributed by atoms with van der Waals surface area (Å²) in [7, 11) is -4.38. The normalized spacial score (nSPS) is 11.8. The molecule has 0 aliphatic rings. The smallest absolute Gasteiger partial charge is 0.124 e. The lowest BCUT2D eigenvalue weighted by Gasteiger charge is -2.14. The lowest BCUT2D eigenvalue weighted by molar-refractivity contribution is 0.242. The third-order valence-corrected chi connectivity index (χ3v) is 2.78. The molecule has 0 unspecified atom stereocenters. The van der Waals surface area contributed by atoms with Gasteiger partial charge in [0.1, 0.15) is 15.9 Å². The molecule has 0 aliphatic carbocycles. The van der Waals surface area contributed by atoms with Crippen molar-refractivity contribution in [2.45, 2.75) is 31.8 Å². The Labute approximate surface area is 89.6 Å². The minimum absolute atomic E-state index is 0.0131. The summed E-state index contributed by atoms with van der Waals surface area (Å²) in [5.41, 5.74) is 0.406. The van der Waals surface area contributed by atoms with Crippen LogP contribution >= 0.6 is 0 Å². The molecule has 0 radical (unpaired) electrons. The summed E-state index contributed by atoms with van der Waals surface area (Å²) in [6, 6.07) is 4.30. The standard InChI is InChI=1S/C10H14O4S/c1-7(2)14-9-4-5-10(8(3)6-9)15(11,12)13/h4-7H,1-3H3,(H,11,12,13)/p-1. The number of ether oxygens (including phenoxy) is 1. The fraction of sp³-hybridized carbons (Fsp3) is 0.400. The molecule has 5 heteroatoms. The van der Waals surface area contributed by atoms with Crippen molar-refractivity contribution in [1.29, 1.82) is 0 Å². The van der Waals surface area contributed by atoms with Crippen LogP contribution in [0.1, 0.15) is 19.4 Å². The van der Waals surface area contributed by atoms with Gasteiger partial charge in [-0.05, 0) is 44.5 Å². The molecular weight excluding hydrogens is 216 g/mol. The second-order valence-corrected chi connectivity index (χ2v) is 4.90. The van der Waals surface area contributed by atoms with Gasteiger partial charge < -0.3 is 9.29 Å². The van der Waals surface area contributed by atoms with E-state index >= 15 is 0 Å². The first-order chi connectivity index (χ1) is 6.80. The van der Waals surface area contributed by atoms with Crippen LogP contribution in [0.3, 0.4) is 0 Å². The van der Waals surface area contributed by atoms with Crippen molar-refractivity contribution in [2.24, 2.45) is 0 Å². The molecular formula is C10H13O4S-. The van der Waals surface area contributed by atoms with Crippen LogP contribution in [-0.4, -0.2) is 19.1 Å². The molecule has 0 amide bonds. The van der Waals surface area contributed by atoms with Crippen molar-refractivity contribution in [2.75, 3.05) is 0 Å². The highest BCUT2D eigenvalue weighted by Crippen LogP contribution is 2.21. The predicted octanol–water partition coefficient (Wildman–Crippen LogP) is 1.69. The van der Waals surface area contributed by atoms with Gasteiger partial charge >= 0.3 is 0 Å². The fourth-order valence-corrected chi connectivity index (χ4v) is 1.94. The third kappa shape index (κ3) is 3.21. The molecule has 15 heavy (non-hydrogen) atoms. The number of hydrogen-bond acceptors (Lipinski definition) is 4. The first-order valence-corrected chi connectivity index (χ1v) is 5.94. The molecule has 0 N–H and O–H groups in total. The Morgan fingerprint density at radius 2 is 1.93 bits per heavy atom. The highest BCUT2D eigenvalue weighted by atomic mass is 32.2. The third-order valence-electron chi connectivity index (χ3n) is 1.79. The molecule has 0 atom stereocenters. The monoisotopic (exact) mass is 229 g/mol. The van der Waals surface area contributed by atoms with Crippen molar-refractivity contribution < 1.29 is 17.7 Å². The highest BCUT2D eigenvalue weighted by molar-refractivity contribution is 7.85. The van der Waals surface area contributed by atoms with Crippen LogP contribution in [0.15, 0.2) is 23.1 Å². The first kappa shape index (κ1) is 12.0. The Morgan fingerprint density at radius 1 is 1.33 bits per heavy atom. The van der Waals surface area contributed by atoms with Crippen molar-refractivity contribution in [1.82, 2.24) is 0 Å². The SMILES string of the molecule is Cc1cc(OC(C)C)ccc1S(=O)(=O)[O-]. The summed E-state index contributed by atoms with van der Waals surface area (Å²) < 4.78 is 37.7. The molecule has 1 aromatic carbocycles. The highest BCUT2D eigenvalue weighted by Gasteiger charge is 2.07. The largest absolute Gasteiger partial charge is 0.744 e. The summed E-state index contributed by atoms with van der Waals surface area (Å²) in [6.07, 6.45) is 0.0131. The zero-order chi connectivity index (χ0) is 11.6. The van der Waals surface area contributed by atoms with Gasteiger partial charge in [0.2, 0.25) is 0 Å². The molecule has 1 aromatic rings. The van der Waals surface area contributed by atoms with Crippen LogP contribution in [0, 0.1) is 6.92 Å². The molecule has 0 spiro atoms. The van der Waals surface area contributed by atoms with Crippen molar-refractivity contribution in [3.05, 3.63) is 23.8 Å². The average molecular weight is 229 g/mol. The summed E-state index contributed by atoms with van der Waals surface area (Å²) >= 11 is 0. The molecule has 0 heterocycles. The van der Waals surface area contributed by atoms with Crippen LogP contribution in [0.2, 0.25) is 0 Å². The van der Waals surface area contributed by atoms with Gasteiger partial charge in [-0.2, -0.15) is 0 Å². The van der Waals surface area contributed by atoms with E-state index in [1.54, 1.807) is 13.0 Å². The number of benzene rings is 1. The van der Waals surface area contributed by atoms with Gasteiger partial charge in [-0.1, -0.05) is 0 Å². The van der Waals surface area contributed by atoms with Gasteiger partial charge in [-0.25, -0.2) is 8.42 Å². The van der Waals surface area contributed by atoms with E-state index in [2.05, 4.69) is 0 Å². The molecule has 0 bridgehead atoms. The quantitative estimate of drug-likeness (QED) is 0.740. The van der Waals surface area contributed by atoms with E-state index in [1.807, 2.05) is 13.8 Å². The van der Waals surface area contributed by atoms with Crippen molar-refractivity contribution >= 4 is 10.1 Å². The molecule has 84 valence electrons. The minimum Gasteiger partial charge on any atom is -0.744 e. The van der Waals surface area contributed by atoms with E-state index in [4.69, 9.17) is 4.74 Å². The van der Waals surface area contributed by atoms with E-state index in [9.17, 15) is 13.0 Å². The van der Waals surface area contributed by atoms with Crippen LogP contribution in [0.5, 0.6) is 5.75 Å². The Bertz CT molecular complexity index is 448. The maximum absolute atomic E-state index is 10.8. The summed E-state index contributed by atoms with van der Waals surface area (Å²) in [4.78, 5) is -0.196. The summed E-state index contributed by atoms with van der Waals surface area (Å²) in [6.45, 7) is 5.30. The second kappa shape index (κ2) is 4.20. The van der Waals surface area contributed by atoms with Gasteiger partial charge in [0.15, 0.2) is 0 Å². The number of aryl methyl sites for hydroxylation is 1. The van der Waals surface area contributed by atoms with E-state index < -0.39 is 10.1 Å². The van der Waals surface area contributed by atoms with E-state index in [1.165, 1.54) is 12.1 Å². The van der Waals surface area contributed by atoms with Crippen LogP contribution < -0.4 is 4.74 Å². The Hall–Kier alpha value is -1.07. The van der Waals surface area contributed by atoms with E-state index in [0.29, 0.717) is 11.3 Å². The number of rotatable bonds is 3. The van der Waals surface area contributed by atoms with Gasteiger partial charge in [0, 0.05) is 0 Å². The average Bonchev–Trinajstić information content (AvgIpc) is 1.99. The minimum atomic E-state index is -4.38. The summed E-state index contributed by atoms with van der Waals surface area (Å²) in [5, 5.41) is 0. The van der Waals surface area contributed by atoms with E-state index in [-0.39, 0.29) is 11.0 Å². The van der Waals surface area contributed by atoms with Gasteiger partial charge in [0.25, 0.3) is 0 Å². The molecule has 0 aliphatic heterocycles. The second-order valence-electron chi connectivity index (χ2n) is 3.55. The molecule has 1 rings (SSSR count). The Kier molecular flexibility index (Phi) is 3.36. The Morgan fingerprint density at radius 3 is 2.33 bits per heavy atom. The van der Waals surface area contributed by atoms with Crippen LogP contribution in [0.25, 0.3) is 0 Å². The molecule has 0 saturated heterocycles. The zero-order valence-corrected chi connectivity index (χ0v) is 9.67. The van der Waals surface area contributed by atoms with Crippen molar-refractivity contribution in [3.63, 3.8) is 0 Å². The molecule has 0 aromatic heterocycles. The van der Waals surface area contributed by atoms with Gasteiger partial charge in [0.05, 0.1) is 11.0 Å². The summed E-state index contributed by atoms with van der Waals surface area (Å²) in [5.74, 6) is 0.565. The zero-order valence-electron chi connectivity index (χ0n) is 8.85. The fourth-order valence-electron chi connectivity index (χ4n) is 1.25. The topological polar surface area (TPSA) is 66.4 Å². The van der Waals surface area contributed by atoms with Gasteiger partial charge in [-0.15, -0.1) is 0 Å². The maximum Gasteiger partial charge on any atom is 0.124 e. The first-order valence-electron chi connectivity index (χ1n) is 4.54. The van der Waals surface area contributed by atoms with Crippen LogP contribution in [0.4, 0.5) is 0 Å². The van der Waals surface area contributed by atoms with Crippen LogP contribution in [-0.2, 0) is 10.1 Å². The Balaban J connectivity index is 3.09. The molecule has 0 fully saturated rings. The van der Waals surface area contributed by atoms with Crippen molar-refractivity contribution in [3.8, 4) is 5.75 Å². The van der Waals surface area contributed by atoms with E-state index in [0.717, 1.165) is 0 Å². The predicted molar refractivity (Wildman–Crippen MR) is 54.9 cm³/mol. The maximum atomic E-state index is 10.8. The van der Waals surface area contributed by atoms with Gasteiger partial charge in [-0.3, -0.25) is 0 Å².